The van der Waals surface area contributed by atoms with Gasteiger partial charge in [0.1, 0.15) is 0 Å². The van der Waals surface area contributed by atoms with E-state index in [1.807, 2.05) is 0 Å². The van der Waals surface area contributed by atoms with E-state index in [1.54, 1.807) is 0 Å². The van der Waals surface area contributed by atoms with Gasteiger partial charge < -0.3 is 29.8 Å². The van der Waals surface area contributed by atoms with Crippen LogP contribution in [0.5, 0.6) is 0 Å². The maximum absolute atomic E-state index is 9.72. The minimum atomic E-state index is -4.83. The van der Waals surface area contributed by atoms with Crippen LogP contribution in [0.2, 0.25) is 0 Å². The van der Waals surface area contributed by atoms with Gasteiger partial charge in [0, 0.05) is 0 Å². The first kappa shape index (κ1) is 7.99. The molecule has 0 aliphatic carbocycles. The smallest absolute Gasteiger partial charge is 0.447 e. The highest BCUT2D eigenvalue weighted by atomic mass is 31.2. The van der Waals surface area contributed by atoms with E-state index < -0.39 is 7.82 Å². The molecule has 0 aromatic carbocycles. The molecule has 8 heteroatoms. The third-order valence-electron chi connectivity index (χ3n) is 0.274. The fourth-order valence-corrected chi connectivity index (χ4v) is 0.112. The van der Waals surface area contributed by atoms with Crippen molar-refractivity contribution in [1.82, 2.24) is 0 Å². The summed E-state index contributed by atoms with van der Waals surface area (Å²) in [6, 6.07) is 0. The first-order chi connectivity index (χ1) is 3.68. The molecule has 0 aliphatic rings. The molecule has 8 heavy (non-hydrogen) atoms. The maximum Gasteiger partial charge on any atom is 0.447 e. The molecule has 0 amide bonds. The summed E-state index contributed by atoms with van der Waals surface area (Å²) in [6.45, 7) is 0. The summed E-state index contributed by atoms with van der Waals surface area (Å²) >= 11 is 0. The van der Waals surface area contributed by atoms with Gasteiger partial charge in [-0.05, 0) is 0 Å². The molecular weight excluding hydrogens is 143 g/mol. The van der Waals surface area contributed by atoms with Crippen molar-refractivity contribution < 1.29 is 34.4 Å². The minimum absolute atomic E-state index is 2.47. The van der Waals surface area contributed by atoms with E-state index in [9.17, 15) is 4.57 Å². The molecule has 0 fully saturated rings. The highest BCUT2D eigenvalue weighted by molar-refractivity contribution is 7.47. The van der Waals surface area contributed by atoms with Crippen LogP contribution in [-0.4, -0.2) is 0 Å². The van der Waals surface area contributed by atoms with Crippen LogP contribution in [0.4, 0.5) is 0 Å². The van der Waals surface area contributed by atoms with Crippen molar-refractivity contribution in [3.8, 4) is 0 Å². The van der Waals surface area contributed by atoms with Crippen molar-refractivity contribution in [3.63, 3.8) is 0 Å². The van der Waals surface area contributed by atoms with E-state index in [-0.39, 0.29) is 0 Å². The van der Waals surface area contributed by atoms with Crippen LogP contribution in [0.1, 0.15) is 0 Å². The van der Waals surface area contributed by atoms with Gasteiger partial charge in [-0.2, -0.15) is 0 Å². The van der Waals surface area contributed by atoms with Gasteiger partial charge in [0.15, 0.2) is 0 Å². The summed E-state index contributed by atoms with van der Waals surface area (Å²) in [7, 11) is -4.83. The molecule has 0 aliphatic heterocycles. The molecule has 0 radical (unpaired) electrons. The largest absolute Gasteiger partial charge is 0.714 e. The average molecular weight is 143 g/mol. The average Bonchev–Trinajstić information content (AvgIpc) is 1.87. The van der Waals surface area contributed by atoms with Crippen LogP contribution in [0.3, 0.4) is 0 Å². The van der Waals surface area contributed by atoms with Gasteiger partial charge >= 0.3 is 7.82 Å². The van der Waals surface area contributed by atoms with Gasteiger partial charge in [-0.1, -0.05) is 0 Å². The second-order valence-electron chi connectivity index (χ2n) is 0.671. The lowest BCUT2D eigenvalue weighted by Gasteiger charge is -2.24. The monoisotopic (exact) mass is 143 g/mol. The van der Waals surface area contributed by atoms with Crippen molar-refractivity contribution in [1.29, 1.82) is 0 Å². The van der Waals surface area contributed by atoms with Crippen LogP contribution in [-0.2, 0) is 18.6 Å². The zero-order chi connectivity index (χ0) is 6.62. The van der Waals surface area contributed by atoms with Gasteiger partial charge in [0.05, 0.1) is 0 Å². The standard InChI is InChI=1S/H3O7P/c1-5-8(4,6-2)7-3/h1-3H/p-3. The quantitative estimate of drug-likeness (QED) is 0.234. The number of rotatable bonds is 3. The van der Waals surface area contributed by atoms with Crippen molar-refractivity contribution in [2.75, 3.05) is 0 Å². The third kappa shape index (κ3) is 1.85. The van der Waals surface area contributed by atoms with Crippen molar-refractivity contribution in [3.05, 3.63) is 0 Å². The fourth-order valence-electron chi connectivity index (χ4n) is 0.0373. The molecule has 0 saturated carbocycles. The topological polar surface area (TPSA) is 114 Å². The summed E-state index contributed by atoms with van der Waals surface area (Å²) < 4.78 is 17.1. The lowest BCUT2D eigenvalue weighted by Crippen LogP contribution is -2.17. The summed E-state index contributed by atoms with van der Waals surface area (Å²) in [5.41, 5.74) is 0. The first-order valence-corrected chi connectivity index (χ1v) is 2.69. The Morgan fingerprint density at radius 3 is 1.25 bits per heavy atom. The Morgan fingerprint density at radius 2 is 1.25 bits per heavy atom. The van der Waals surface area contributed by atoms with Crippen molar-refractivity contribution in [2.24, 2.45) is 0 Å². The molecule has 0 rings (SSSR count). The Bertz CT molecular complexity index is 75.5. The fraction of sp³-hybridized carbons (Fsp3) is 0. The van der Waals surface area contributed by atoms with Gasteiger partial charge in [0.2, 0.25) is 0 Å². The van der Waals surface area contributed by atoms with E-state index in [0.29, 0.717) is 0 Å². The molecule has 7 nitrogen and oxygen atoms in total. The lowest BCUT2D eigenvalue weighted by molar-refractivity contribution is -0.718. The Labute approximate surface area is 43.4 Å². The van der Waals surface area contributed by atoms with Gasteiger partial charge in [0.25, 0.3) is 0 Å². The van der Waals surface area contributed by atoms with Crippen LogP contribution >= 0.6 is 7.82 Å². The molecule has 0 N–H and O–H groups in total. The molecule has 50 valence electrons. The number of hydrogen-bond acceptors (Lipinski definition) is 7. The maximum atomic E-state index is 9.72. The molecule has 0 heterocycles. The highest BCUT2D eigenvalue weighted by Gasteiger charge is 2.10. The van der Waals surface area contributed by atoms with E-state index in [4.69, 9.17) is 15.8 Å². The molecule has 0 aromatic heterocycles. The Hall–Kier alpha value is -0.0100. The Kier molecular flexibility index (Phi) is 3.10. The van der Waals surface area contributed by atoms with Gasteiger partial charge in [-0.3, -0.25) is 0 Å². The second kappa shape index (κ2) is 3.10. The first-order valence-electron chi connectivity index (χ1n) is 1.23. The molecule has 0 bridgehead atoms. The van der Waals surface area contributed by atoms with E-state index in [1.165, 1.54) is 0 Å². The molecule has 0 spiro atoms. The number of hydrogen-bond donors (Lipinski definition) is 0. The summed E-state index contributed by atoms with van der Waals surface area (Å²) in [6.07, 6.45) is 0. The van der Waals surface area contributed by atoms with Crippen LogP contribution < -0.4 is 15.8 Å². The second-order valence-corrected chi connectivity index (χ2v) is 2.01. The lowest BCUT2D eigenvalue weighted by atomic mass is 14.9. The molecule has 0 unspecified atom stereocenters. The van der Waals surface area contributed by atoms with Crippen LogP contribution in [0.25, 0.3) is 0 Å². The van der Waals surface area contributed by atoms with Crippen LogP contribution in [0, 0.1) is 0 Å². The van der Waals surface area contributed by atoms with E-state index in [2.05, 4.69) is 14.0 Å². The van der Waals surface area contributed by atoms with Crippen LogP contribution in [0.15, 0.2) is 0 Å². The Morgan fingerprint density at radius 1 is 1.00 bits per heavy atom. The van der Waals surface area contributed by atoms with Gasteiger partial charge in [-0.25, -0.2) is 4.57 Å². The predicted molar refractivity (Wildman–Crippen MR) is 10.9 cm³/mol. The molecule has 0 atom stereocenters. The van der Waals surface area contributed by atoms with Gasteiger partial charge in [-0.15, -0.1) is 0 Å². The number of phosphoric acid groups is 1. The zero-order valence-corrected chi connectivity index (χ0v) is 4.20. The predicted octanol–water partition coefficient (Wildman–Crippen LogP) is -3.03. The van der Waals surface area contributed by atoms with Crippen molar-refractivity contribution in [2.45, 2.75) is 0 Å². The molecular formula is O7P-3. The Balaban J connectivity index is 3.79. The summed E-state index contributed by atoms with van der Waals surface area (Å²) in [5.74, 6) is 0. The summed E-state index contributed by atoms with van der Waals surface area (Å²) in [5, 5.41) is 27.0. The van der Waals surface area contributed by atoms with E-state index >= 15 is 0 Å². The van der Waals surface area contributed by atoms with E-state index in [0.717, 1.165) is 0 Å². The SMILES string of the molecule is O=P(O[O-])(O[O-])O[O-]. The normalized spacial score (nSPS) is 11.9. The molecule has 0 aromatic rings. The third-order valence-corrected chi connectivity index (χ3v) is 0.822. The van der Waals surface area contributed by atoms with Crippen molar-refractivity contribution >= 4 is 7.82 Å². The minimum Gasteiger partial charge on any atom is -0.714 e. The zero-order valence-electron chi connectivity index (χ0n) is 3.30. The molecule has 0 saturated heterocycles. The highest BCUT2D eigenvalue weighted by Crippen LogP contribution is 2.42. The summed E-state index contributed by atoms with van der Waals surface area (Å²) in [4.78, 5) is 0.